The number of rotatable bonds is 5. The molecule has 1 aromatic carbocycles. The fraction of sp³-hybridized carbons (Fsp3) is 0.261. The van der Waals surface area contributed by atoms with Gasteiger partial charge in [0.25, 0.3) is 0 Å². The van der Waals surface area contributed by atoms with Crippen LogP contribution in [0.2, 0.25) is 0 Å². The molecule has 0 saturated carbocycles. The van der Waals surface area contributed by atoms with Crippen LogP contribution in [-0.4, -0.2) is 16.0 Å². The first kappa shape index (κ1) is 21.9. The number of pyridine rings is 1. The van der Waals surface area contributed by atoms with Gasteiger partial charge < -0.3 is 15.5 Å². The number of amides is 1. The molecule has 1 fully saturated rings. The number of thiophene rings is 1. The molecule has 2 atom stereocenters. The lowest BCUT2D eigenvalue weighted by molar-refractivity contribution is -0.118. The van der Waals surface area contributed by atoms with Crippen molar-refractivity contribution in [3.63, 3.8) is 0 Å². The molecule has 3 aromatic rings. The molecular formula is C23H23BrN4OS2. The number of nitrogens with zero attached hydrogens (tertiary/aromatic N) is 2. The van der Waals surface area contributed by atoms with Crippen LogP contribution in [0.25, 0.3) is 0 Å². The zero-order chi connectivity index (χ0) is 22.1. The van der Waals surface area contributed by atoms with E-state index in [2.05, 4.69) is 54.6 Å². The first-order valence-electron chi connectivity index (χ1n) is 10.0. The van der Waals surface area contributed by atoms with E-state index < -0.39 is 0 Å². The van der Waals surface area contributed by atoms with Gasteiger partial charge in [0.2, 0.25) is 5.91 Å². The second-order valence-corrected chi connectivity index (χ2v) is 10.7. The fourth-order valence-corrected chi connectivity index (χ4v) is 5.52. The lowest BCUT2D eigenvalue weighted by Gasteiger charge is -2.27. The highest BCUT2D eigenvalue weighted by atomic mass is 79.9. The number of carbonyl (C=O) groups excluding carboxylic acids is 1. The summed E-state index contributed by atoms with van der Waals surface area (Å²) in [5.41, 5.74) is 3.73. The number of benzene rings is 1. The molecule has 2 N–H and O–H groups in total. The van der Waals surface area contributed by atoms with Crippen molar-refractivity contribution in [3.05, 3.63) is 74.6 Å². The average molecular weight is 516 g/mol. The van der Waals surface area contributed by atoms with E-state index >= 15 is 0 Å². The molecular weight excluding hydrogens is 492 g/mol. The summed E-state index contributed by atoms with van der Waals surface area (Å²) >= 11 is 11.1. The Kier molecular flexibility index (Phi) is 6.41. The van der Waals surface area contributed by atoms with Crippen LogP contribution in [0.5, 0.6) is 0 Å². The minimum atomic E-state index is -0.0739. The van der Waals surface area contributed by atoms with Crippen LogP contribution in [0.4, 0.5) is 11.4 Å². The molecule has 0 unspecified atom stereocenters. The Morgan fingerprint density at radius 1 is 1.26 bits per heavy atom. The summed E-state index contributed by atoms with van der Waals surface area (Å²) in [6, 6.07) is 16.0. The number of thiocarbonyl (C=S) groups is 1. The molecule has 4 rings (SSSR count). The van der Waals surface area contributed by atoms with Gasteiger partial charge in [-0.25, -0.2) is 0 Å². The maximum atomic E-state index is 12.1. The topological polar surface area (TPSA) is 57.3 Å². The maximum absolute atomic E-state index is 12.1. The van der Waals surface area contributed by atoms with Crippen LogP contribution < -0.4 is 15.5 Å². The molecule has 1 aliphatic heterocycles. The first-order chi connectivity index (χ1) is 14.8. The molecule has 160 valence electrons. The summed E-state index contributed by atoms with van der Waals surface area (Å²) in [7, 11) is 0. The number of hydrogen-bond donors (Lipinski definition) is 2. The highest BCUT2D eigenvalue weighted by molar-refractivity contribution is 9.11. The van der Waals surface area contributed by atoms with Gasteiger partial charge in [-0.2, -0.15) is 0 Å². The lowest BCUT2D eigenvalue weighted by atomic mass is 10.0. The standard InChI is InChI=1S/C23H23BrN4OS2/c1-13(2)22(29)26-16-8-7-15(12-14(16)3)28-21(18-9-10-19(24)31-18)20(27-23(28)30)17-6-4-5-11-25-17/h4-13,20-21H,1-3H3,(H,26,29)(H,27,30)/t20-,21+/m1/s1. The van der Waals surface area contributed by atoms with E-state index in [1.807, 2.05) is 51.1 Å². The smallest absolute Gasteiger partial charge is 0.226 e. The zero-order valence-electron chi connectivity index (χ0n) is 17.4. The van der Waals surface area contributed by atoms with Gasteiger partial charge >= 0.3 is 0 Å². The molecule has 0 radical (unpaired) electrons. The Morgan fingerprint density at radius 3 is 2.68 bits per heavy atom. The summed E-state index contributed by atoms with van der Waals surface area (Å²) in [6.45, 7) is 5.77. The first-order valence-corrected chi connectivity index (χ1v) is 12.0. The van der Waals surface area contributed by atoms with Gasteiger partial charge in [-0.05, 0) is 83.1 Å². The van der Waals surface area contributed by atoms with E-state index in [1.165, 1.54) is 4.88 Å². The van der Waals surface area contributed by atoms with Crippen LogP contribution in [-0.2, 0) is 4.79 Å². The normalized spacial score (nSPS) is 18.4. The quantitative estimate of drug-likeness (QED) is 0.409. The lowest BCUT2D eigenvalue weighted by Crippen LogP contribution is -2.29. The minimum absolute atomic E-state index is 0.00531. The van der Waals surface area contributed by atoms with Crippen molar-refractivity contribution in [2.24, 2.45) is 5.92 Å². The molecule has 0 spiro atoms. The molecule has 31 heavy (non-hydrogen) atoms. The van der Waals surface area contributed by atoms with Crippen molar-refractivity contribution < 1.29 is 4.79 Å². The van der Waals surface area contributed by atoms with Crippen molar-refractivity contribution >= 4 is 61.9 Å². The third-order valence-electron chi connectivity index (χ3n) is 5.25. The molecule has 0 aliphatic carbocycles. The van der Waals surface area contributed by atoms with E-state index in [9.17, 15) is 4.79 Å². The van der Waals surface area contributed by atoms with Crippen molar-refractivity contribution in [3.8, 4) is 0 Å². The van der Waals surface area contributed by atoms with Gasteiger partial charge in [-0.1, -0.05) is 19.9 Å². The summed E-state index contributed by atoms with van der Waals surface area (Å²) in [5.74, 6) is -0.0686. The van der Waals surface area contributed by atoms with Crippen molar-refractivity contribution in [2.45, 2.75) is 32.9 Å². The van der Waals surface area contributed by atoms with Gasteiger partial charge in [0.05, 0.1) is 21.6 Å². The summed E-state index contributed by atoms with van der Waals surface area (Å²) < 4.78 is 1.07. The van der Waals surface area contributed by atoms with Gasteiger partial charge in [0.15, 0.2) is 5.11 Å². The fourth-order valence-electron chi connectivity index (χ4n) is 3.62. The summed E-state index contributed by atoms with van der Waals surface area (Å²) in [6.07, 6.45) is 1.81. The van der Waals surface area contributed by atoms with Gasteiger partial charge in [-0.3, -0.25) is 9.78 Å². The largest absolute Gasteiger partial charge is 0.351 e. The van der Waals surface area contributed by atoms with Gasteiger partial charge in [0, 0.05) is 28.4 Å². The average Bonchev–Trinajstić information content (AvgIpc) is 3.32. The predicted octanol–water partition coefficient (Wildman–Crippen LogP) is 5.99. The minimum Gasteiger partial charge on any atom is -0.351 e. The van der Waals surface area contributed by atoms with Crippen molar-refractivity contribution in [1.29, 1.82) is 0 Å². The Labute approximate surface area is 200 Å². The highest BCUT2D eigenvalue weighted by Crippen LogP contribution is 2.44. The third-order valence-corrected chi connectivity index (χ3v) is 7.26. The highest BCUT2D eigenvalue weighted by Gasteiger charge is 2.41. The third kappa shape index (κ3) is 4.51. The van der Waals surface area contributed by atoms with Gasteiger partial charge in [-0.15, -0.1) is 11.3 Å². The molecule has 8 heteroatoms. The number of aryl methyl sites for hydroxylation is 1. The number of hydrogen-bond acceptors (Lipinski definition) is 4. The number of halogens is 1. The Hall–Kier alpha value is -2.29. The van der Waals surface area contributed by atoms with Crippen molar-refractivity contribution in [2.75, 3.05) is 10.2 Å². The van der Waals surface area contributed by atoms with Gasteiger partial charge in [0.1, 0.15) is 0 Å². The molecule has 1 aliphatic rings. The van der Waals surface area contributed by atoms with Crippen molar-refractivity contribution in [1.82, 2.24) is 10.3 Å². The van der Waals surface area contributed by atoms with Crippen LogP contribution >= 0.6 is 39.5 Å². The Balaban J connectivity index is 1.73. The summed E-state index contributed by atoms with van der Waals surface area (Å²) in [4.78, 5) is 20.0. The number of nitrogens with one attached hydrogen (secondary N) is 2. The number of aromatic nitrogens is 1. The van der Waals surface area contributed by atoms with E-state index in [-0.39, 0.29) is 23.9 Å². The number of carbonyl (C=O) groups is 1. The zero-order valence-corrected chi connectivity index (χ0v) is 20.6. The van der Waals surface area contributed by atoms with E-state index in [1.54, 1.807) is 17.5 Å². The van der Waals surface area contributed by atoms with Crippen LogP contribution in [0, 0.1) is 12.8 Å². The molecule has 1 amide bonds. The summed E-state index contributed by atoms with van der Waals surface area (Å²) in [5, 5.41) is 7.13. The van der Waals surface area contributed by atoms with Crippen LogP contribution in [0.1, 0.15) is 42.1 Å². The van der Waals surface area contributed by atoms with E-state index in [4.69, 9.17) is 12.2 Å². The molecule has 5 nitrogen and oxygen atoms in total. The number of anilines is 2. The molecule has 0 bridgehead atoms. The van der Waals surface area contributed by atoms with Crippen LogP contribution in [0.15, 0.2) is 58.5 Å². The Morgan fingerprint density at radius 2 is 2.06 bits per heavy atom. The maximum Gasteiger partial charge on any atom is 0.226 e. The second kappa shape index (κ2) is 9.06. The monoisotopic (exact) mass is 514 g/mol. The molecule has 3 heterocycles. The molecule has 2 aromatic heterocycles. The Bertz CT molecular complexity index is 1120. The predicted molar refractivity (Wildman–Crippen MR) is 135 cm³/mol. The molecule has 1 saturated heterocycles. The second-order valence-electron chi connectivity index (χ2n) is 7.78. The van der Waals surface area contributed by atoms with E-state index in [0.29, 0.717) is 5.11 Å². The van der Waals surface area contributed by atoms with E-state index in [0.717, 1.165) is 26.4 Å². The van der Waals surface area contributed by atoms with Crippen LogP contribution in [0.3, 0.4) is 0 Å². The SMILES string of the molecule is Cc1cc(N2C(=S)N[C@H](c3ccccn3)[C@@H]2c2ccc(Br)s2)ccc1NC(=O)C(C)C.